The lowest BCUT2D eigenvalue weighted by atomic mass is 10.2. The van der Waals surface area contributed by atoms with Gasteiger partial charge in [0.1, 0.15) is 11.6 Å². The van der Waals surface area contributed by atoms with Crippen LogP contribution in [-0.4, -0.2) is 22.6 Å². The number of aromatic nitrogens is 2. The minimum Gasteiger partial charge on any atom is -0.467 e. The fourth-order valence-corrected chi connectivity index (χ4v) is 1.60. The van der Waals surface area contributed by atoms with Crippen molar-refractivity contribution in [1.29, 1.82) is 0 Å². The van der Waals surface area contributed by atoms with Gasteiger partial charge in [-0.2, -0.15) is 0 Å². The van der Waals surface area contributed by atoms with Crippen molar-refractivity contribution in [3.05, 3.63) is 36.2 Å². The number of carbonyl (C=O) groups excluding carboxylic acids is 1. The van der Waals surface area contributed by atoms with E-state index in [0.717, 1.165) is 5.76 Å². The molecule has 0 spiro atoms. The van der Waals surface area contributed by atoms with Crippen LogP contribution in [0.2, 0.25) is 0 Å². The van der Waals surface area contributed by atoms with Crippen LogP contribution >= 0.6 is 0 Å². The second-order valence-electron chi connectivity index (χ2n) is 3.57. The van der Waals surface area contributed by atoms with Gasteiger partial charge in [-0.15, -0.1) is 0 Å². The zero-order valence-electron chi connectivity index (χ0n) is 9.58. The molecular formula is C11H13N3O3. The lowest BCUT2D eigenvalue weighted by Gasteiger charge is -2.12. The Hall–Kier alpha value is -2.24. The summed E-state index contributed by atoms with van der Waals surface area (Å²) in [5.74, 6) is 0.458. The van der Waals surface area contributed by atoms with Crippen LogP contribution in [0.4, 0.5) is 5.82 Å². The molecule has 90 valence electrons. The first-order valence-corrected chi connectivity index (χ1v) is 5.09. The molecule has 0 fully saturated rings. The molecule has 0 aliphatic carbocycles. The average molecular weight is 235 g/mol. The van der Waals surface area contributed by atoms with Crippen LogP contribution in [0.1, 0.15) is 29.2 Å². The second-order valence-corrected chi connectivity index (χ2v) is 3.57. The fourth-order valence-electron chi connectivity index (χ4n) is 1.60. The van der Waals surface area contributed by atoms with E-state index in [4.69, 9.17) is 10.2 Å². The summed E-state index contributed by atoms with van der Waals surface area (Å²) in [6.07, 6.45) is 3.08. The van der Waals surface area contributed by atoms with Gasteiger partial charge in [-0.1, -0.05) is 0 Å². The fraction of sp³-hybridized carbons (Fsp3) is 0.273. The van der Waals surface area contributed by atoms with Gasteiger partial charge in [-0.25, -0.2) is 9.78 Å². The summed E-state index contributed by atoms with van der Waals surface area (Å²) in [7, 11) is 1.29. The van der Waals surface area contributed by atoms with E-state index < -0.39 is 5.97 Å². The van der Waals surface area contributed by atoms with Crippen LogP contribution in [0.15, 0.2) is 29.1 Å². The van der Waals surface area contributed by atoms with E-state index in [1.165, 1.54) is 13.4 Å². The van der Waals surface area contributed by atoms with Gasteiger partial charge >= 0.3 is 5.97 Å². The van der Waals surface area contributed by atoms with Crippen LogP contribution in [0.3, 0.4) is 0 Å². The first-order chi connectivity index (χ1) is 8.15. The summed E-state index contributed by atoms with van der Waals surface area (Å²) in [6.45, 7) is 1.90. The Kier molecular flexibility index (Phi) is 2.86. The summed E-state index contributed by atoms with van der Waals surface area (Å²) in [4.78, 5) is 15.3. The molecule has 6 heteroatoms. The van der Waals surface area contributed by atoms with Crippen molar-refractivity contribution in [3.8, 4) is 0 Å². The lowest BCUT2D eigenvalue weighted by molar-refractivity contribution is 0.0596. The molecule has 0 amide bonds. The molecule has 6 nitrogen and oxygen atoms in total. The normalized spacial score (nSPS) is 12.4. The first-order valence-electron chi connectivity index (χ1n) is 5.09. The van der Waals surface area contributed by atoms with Gasteiger partial charge in [0.15, 0.2) is 5.69 Å². The SMILES string of the molecule is COC(=O)c1ncn(C(C)c2ccco2)c1N. The number of furan rings is 1. The summed E-state index contributed by atoms with van der Waals surface area (Å²) in [5.41, 5.74) is 5.96. The van der Waals surface area contributed by atoms with E-state index in [0.29, 0.717) is 0 Å². The Morgan fingerprint density at radius 1 is 1.65 bits per heavy atom. The highest BCUT2D eigenvalue weighted by atomic mass is 16.5. The number of methoxy groups -OCH3 is 1. The number of hydrogen-bond acceptors (Lipinski definition) is 5. The average Bonchev–Trinajstić information content (AvgIpc) is 2.96. The molecule has 0 aliphatic heterocycles. The Balaban J connectivity index is 2.34. The summed E-state index contributed by atoms with van der Waals surface area (Å²) in [5, 5.41) is 0. The van der Waals surface area contributed by atoms with E-state index in [-0.39, 0.29) is 17.6 Å². The van der Waals surface area contributed by atoms with Crippen LogP contribution in [0.5, 0.6) is 0 Å². The van der Waals surface area contributed by atoms with Gasteiger partial charge in [0.2, 0.25) is 0 Å². The number of rotatable bonds is 3. The molecule has 2 heterocycles. The van der Waals surface area contributed by atoms with Crippen LogP contribution in [0, 0.1) is 0 Å². The van der Waals surface area contributed by atoms with E-state index in [1.807, 2.05) is 13.0 Å². The molecule has 0 saturated heterocycles. The van der Waals surface area contributed by atoms with Crippen molar-refractivity contribution < 1.29 is 13.9 Å². The second kappa shape index (κ2) is 4.32. The number of imidazole rings is 1. The number of anilines is 1. The Morgan fingerprint density at radius 2 is 2.41 bits per heavy atom. The van der Waals surface area contributed by atoms with Gasteiger partial charge < -0.3 is 19.5 Å². The zero-order valence-corrected chi connectivity index (χ0v) is 9.58. The quantitative estimate of drug-likeness (QED) is 0.814. The maximum atomic E-state index is 11.4. The highest BCUT2D eigenvalue weighted by Crippen LogP contribution is 2.23. The number of nitrogens with zero attached hydrogens (tertiary/aromatic N) is 2. The van der Waals surface area contributed by atoms with Crippen molar-refractivity contribution >= 4 is 11.8 Å². The van der Waals surface area contributed by atoms with E-state index in [2.05, 4.69) is 9.72 Å². The van der Waals surface area contributed by atoms with Crippen LogP contribution < -0.4 is 5.73 Å². The maximum Gasteiger partial charge on any atom is 0.360 e. The van der Waals surface area contributed by atoms with Crippen molar-refractivity contribution in [3.63, 3.8) is 0 Å². The molecular weight excluding hydrogens is 222 g/mol. The van der Waals surface area contributed by atoms with E-state index >= 15 is 0 Å². The van der Waals surface area contributed by atoms with Crippen molar-refractivity contribution in [2.24, 2.45) is 0 Å². The first kappa shape index (κ1) is 11.3. The molecule has 2 aromatic heterocycles. The van der Waals surface area contributed by atoms with Gasteiger partial charge in [-0.3, -0.25) is 0 Å². The highest BCUT2D eigenvalue weighted by Gasteiger charge is 2.20. The molecule has 0 aliphatic rings. The number of nitrogen functional groups attached to an aromatic ring is 1. The third-order valence-corrected chi connectivity index (χ3v) is 2.58. The van der Waals surface area contributed by atoms with Crippen LogP contribution in [0.25, 0.3) is 0 Å². The Labute approximate surface area is 98.0 Å². The molecule has 0 saturated carbocycles. The lowest BCUT2D eigenvalue weighted by Crippen LogP contribution is -2.11. The summed E-state index contributed by atoms with van der Waals surface area (Å²) >= 11 is 0. The molecule has 0 bridgehead atoms. The predicted octanol–water partition coefficient (Wildman–Crippen LogP) is 1.45. The smallest absolute Gasteiger partial charge is 0.360 e. The molecule has 0 radical (unpaired) electrons. The van der Waals surface area contributed by atoms with Crippen molar-refractivity contribution in [1.82, 2.24) is 9.55 Å². The number of ether oxygens (including phenoxy) is 1. The number of carbonyl (C=O) groups is 1. The summed E-state index contributed by atoms with van der Waals surface area (Å²) < 4.78 is 11.5. The largest absolute Gasteiger partial charge is 0.467 e. The van der Waals surface area contributed by atoms with Crippen molar-refractivity contribution in [2.45, 2.75) is 13.0 Å². The molecule has 0 aromatic carbocycles. The van der Waals surface area contributed by atoms with Crippen LogP contribution in [-0.2, 0) is 4.74 Å². The third-order valence-electron chi connectivity index (χ3n) is 2.58. The monoisotopic (exact) mass is 235 g/mol. The molecule has 2 N–H and O–H groups in total. The number of nitrogens with two attached hydrogens (primary N) is 1. The predicted molar refractivity (Wildman–Crippen MR) is 60.5 cm³/mol. The Bertz CT molecular complexity index is 516. The van der Waals surface area contributed by atoms with Gasteiger partial charge in [0.05, 0.1) is 25.7 Å². The summed E-state index contributed by atoms with van der Waals surface area (Å²) in [6, 6.07) is 3.50. The maximum absolute atomic E-state index is 11.4. The molecule has 17 heavy (non-hydrogen) atoms. The topological polar surface area (TPSA) is 83.3 Å². The zero-order chi connectivity index (χ0) is 12.4. The minimum absolute atomic E-state index is 0.117. The molecule has 1 atom stereocenters. The Morgan fingerprint density at radius 3 is 3.00 bits per heavy atom. The van der Waals surface area contributed by atoms with Gasteiger partial charge in [-0.05, 0) is 19.1 Å². The third kappa shape index (κ3) is 1.89. The molecule has 2 aromatic rings. The number of hydrogen-bond donors (Lipinski definition) is 1. The molecule has 1 unspecified atom stereocenters. The van der Waals surface area contributed by atoms with Crippen molar-refractivity contribution in [2.75, 3.05) is 12.8 Å². The highest BCUT2D eigenvalue weighted by molar-refractivity contribution is 5.92. The minimum atomic E-state index is -0.548. The van der Waals surface area contributed by atoms with E-state index in [1.54, 1.807) is 16.9 Å². The van der Waals surface area contributed by atoms with E-state index in [9.17, 15) is 4.79 Å². The van der Waals surface area contributed by atoms with Gasteiger partial charge in [0.25, 0.3) is 0 Å². The molecule has 2 rings (SSSR count). The standard InChI is InChI=1S/C11H13N3O3/c1-7(8-4-3-5-17-8)14-6-13-9(10(14)12)11(15)16-2/h3-7H,12H2,1-2H3. The van der Waals surface area contributed by atoms with Gasteiger partial charge in [0, 0.05) is 0 Å². The number of esters is 1.